The molecule has 2 aromatic carbocycles. The Hall–Kier alpha value is -2.82. The van der Waals surface area contributed by atoms with Crippen molar-refractivity contribution in [1.29, 1.82) is 0 Å². The van der Waals surface area contributed by atoms with E-state index in [2.05, 4.69) is 9.47 Å². The van der Waals surface area contributed by atoms with Crippen molar-refractivity contribution in [3.05, 3.63) is 65.2 Å². The Morgan fingerprint density at radius 2 is 1.23 bits per heavy atom. The molecule has 5 nitrogen and oxygen atoms in total. The van der Waals surface area contributed by atoms with E-state index in [9.17, 15) is 9.59 Å². The highest BCUT2D eigenvalue weighted by atomic mass is 16.5. The Morgan fingerprint density at radius 3 is 1.68 bits per heavy atom. The minimum absolute atomic E-state index is 0.360. The van der Waals surface area contributed by atoms with E-state index in [-0.39, 0.29) is 11.9 Å². The minimum Gasteiger partial charge on any atom is -0.489 e. The summed E-state index contributed by atoms with van der Waals surface area (Å²) in [5.74, 6) is -0.111. The van der Waals surface area contributed by atoms with Crippen LogP contribution in [-0.2, 0) is 16.1 Å². The summed E-state index contributed by atoms with van der Waals surface area (Å²) >= 11 is 0. The van der Waals surface area contributed by atoms with Crippen LogP contribution in [0, 0.1) is 0 Å². The molecular weight excluding hydrogens is 284 g/mol. The molecule has 0 spiro atoms. The number of hydrogen-bond donors (Lipinski definition) is 0. The van der Waals surface area contributed by atoms with Gasteiger partial charge < -0.3 is 14.2 Å². The number of methoxy groups -OCH3 is 2. The molecule has 0 radical (unpaired) electrons. The van der Waals surface area contributed by atoms with E-state index in [1.807, 2.05) is 0 Å². The van der Waals surface area contributed by atoms with Gasteiger partial charge >= 0.3 is 11.9 Å². The lowest BCUT2D eigenvalue weighted by Gasteiger charge is -2.07. The van der Waals surface area contributed by atoms with Gasteiger partial charge in [-0.1, -0.05) is 12.1 Å². The fraction of sp³-hybridized carbons (Fsp3) is 0.176. The fourth-order valence-electron chi connectivity index (χ4n) is 1.83. The van der Waals surface area contributed by atoms with Crippen molar-refractivity contribution < 1.29 is 23.8 Å². The van der Waals surface area contributed by atoms with Gasteiger partial charge in [0.15, 0.2) is 0 Å². The molecule has 5 heteroatoms. The van der Waals surface area contributed by atoms with Gasteiger partial charge in [0.2, 0.25) is 0 Å². The van der Waals surface area contributed by atoms with Crippen molar-refractivity contribution in [3.8, 4) is 5.75 Å². The quantitative estimate of drug-likeness (QED) is 0.795. The van der Waals surface area contributed by atoms with E-state index in [1.165, 1.54) is 14.2 Å². The molecule has 114 valence electrons. The molecule has 2 aromatic rings. The Bertz CT molecular complexity index is 584. The molecule has 0 aromatic heterocycles. The largest absolute Gasteiger partial charge is 0.489 e. The highest BCUT2D eigenvalue weighted by Gasteiger charge is 2.06. The van der Waals surface area contributed by atoms with Gasteiger partial charge in [-0.3, -0.25) is 0 Å². The van der Waals surface area contributed by atoms with Crippen LogP contribution < -0.4 is 4.74 Å². The molecule has 0 saturated heterocycles. The lowest BCUT2D eigenvalue weighted by molar-refractivity contribution is 0.0591. The maximum absolute atomic E-state index is 11.3. The highest BCUT2D eigenvalue weighted by Crippen LogP contribution is 2.15. The summed E-state index contributed by atoms with van der Waals surface area (Å²) in [5, 5.41) is 0. The first-order chi connectivity index (χ1) is 10.6. The Morgan fingerprint density at radius 1 is 0.773 bits per heavy atom. The molecular formula is C17H16O5. The van der Waals surface area contributed by atoms with Crippen molar-refractivity contribution in [1.82, 2.24) is 0 Å². The normalized spacial score (nSPS) is 9.91. The summed E-state index contributed by atoms with van der Waals surface area (Å²) in [6.07, 6.45) is 0. The molecule has 0 aliphatic heterocycles. The van der Waals surface area contributed by atoms with Crippen LogP contribution in [-0.4, -0.2) is 26.2 Å². The summed E-state index contributed by atoms with van der Waals surface area (Å²) in [4.78, 5) is 22.6. The molecule has 0 heterocycles. The van der Waals surface area contributed by atoms with Crippen molar-refractivity contribution in [2.75, 3.05) is 14.2 Å². The third-order valence-corrected chi connectivity index (χ3v) is 3.06. The Balaban J connectivity index is 1.95. The second-order valence-corrected chi connectivity index (χ2v) is 4.49. The molecule has 0 saturated carbocycles. The molecule has 0 amide bonds. The SMILES string of the molecule is COC(=O)c1ccc(COc2ccc(C(=O)OC)cc2)cc1. The van der Waals surface area contributed by atoms with Crippen LogP contribution in [0.25, 0.3) is 0 Å². The predicted molar refractivity (Wildman–Crippen MR) is 79.9 cm³/mol. The summed E-state index contributed by atoms with van der Waals surface area (Å²) in [5.41, 5.74) is 1.88. The zero-order valence-electron chi connectivity index (χ0n) is 12.4. The summed E-state index contributed by atoms with van der Waals surface area (Å²) < 4.78 is 14.9. The zero-order valence-corrected chi connectivity index (χ0v) is 12.4. The van der Waals surface area contributed by atoms with Crippen LogP contribution in [0.5, 0.6) is 5.75 Å². The highest BCUT2D eigenvalue weighted by molar-refractivity contribution is 5.89. The summed E-state index contributed by atoms with van der Waals surface area (Å²) in [6.45, 7) is 0.360. The van der Waals surface area contributed by atoms with Crippen LogP contribution in [0.4, 0.5) is 0 Å². The average Bonchev–Trinajstić information content (AvgIpc) is 2.59. The Kier molecular flexibility index (Phi) is 5.14. The zero-order chi connectivity index (χ0) is 15.9. The van der Waals surface area contributed by atoms with Gasteiger partial charge in [0.1, 0.15) is 12.4 Å². The second kappa shape index (κ2) is 7.26. The van der Waals surface area contributed by atoms with Gasteiger partial charge in [-0.2, -0.15) is 0 Å². The second-order valence-electron chi connectivity index (χ2n) is 4.49. The van der Waals surface area contributed by atoms with Crippen LogP contribution in [0.2, 0.25) is 0 Å². The monoisotopic (exact) mass is 300 g/mol. The third kappa shape index (κ3) is 3.85. The smallest absolute Gasteiger partial charge is 0.337 e. The standard InChI is InChI=1S/C17H16O5/c1-20-16(18)13-5-3-12(4-6-13)11-22-15-9-7-14(8-10-15)17(19)21-2/h3-10H,11H2,1-2H3. The number of hydrogen-bond acceptors (Lipinski definition) is 5. The Labute approximate surface area is 128 Å². The van der Waals surface area contributed by atoms with Gasteiger partial charge in [0, 0.05) is 0 Å². The molecule has 0 bridgehead atoms. The molecule has 0 N–H and O–H groups in total. The van der Waals surface area contributed by atoms with Gasteiger partial charge in [-0.25, -0.2) is 9.59 Å². The molecule has 0 fully saturated rings. The predicted octanol–water partition coefficient (Wildman–Crippen LogP) is 2.84. The topological polar surface area (TPSA) is 61.8 Å². The summed E-state index contributed by atoms with van der Waals surface area (Å²) in [6, 6.07) is 13.7. The lowest BCUT2D eigenvalue weighted by Crippen LogP contribution is -2.02. The summed E-state index contributed by atoms with van der Waals surface area (Å²) in [7, 11) is 2.68. The first-order valence-electron chi connectivity index (χ1n) is 6.62. The maximum atomic E-state index is 11.3. The van der Waals surface area contributed by atoms with Crippen molar-refractivity contribution in [3.63, 3.8) is 0 Å². The first kappa shape index (κ1) is 15.6. The number of carbonyl (C=O) groups excluding carboxylic acids is 2. The number of esters is 2. The lowest BCUT2D eigenvalue weighted by atomic mass is 10.1. The maximum Gasteiger partial charge on any atom is 0.337 e. The van der Waals surface area contributed by atoms with Crippen LogP contribution in [0.15, 0.2) is 48.5 Å². The van der Waals surface area contributed by atoms with Crippen molar-refractivity contribution in [2.45, 2.75) is 6.61 Å². The minimum atomic E-state index is -0.384. The van der Waals surface area contributed by atoms with E-state index in [0.29, 0.717) is 23.5 Å². The van der Waals surface area contributed by atoms with Gasteiger partial charge in [0.25, 0.3) is 0 Å². The van der Waals surface area contributed by atoms with Gasteiger partial charge in [0.05, 0.1) is 25.3 Å². The van der Waals surface area contributed by atoms with E-state index < -0.39 is 0 Å². The van der Waals surface area contributed by atoms with Crippen molar-refractivity contribution >= 4 is 11.9 Å². The van der Waals surface area contributed by atoms with Crippen LogP contribution >= 0.6 is 0 Å². The molecule has 0 unspecified atom stereocenters. The van der Waals surface area contributed by atoms with Gasteiger partial charge in [-0.05, 0) is 42.0 Å². The van der Waals surface area contributed by atoms with E-state index in [0.717, 1.165) is 5.56 Å². The molecule has 0 aliphatic carbocycles. The number of rotatable bonds is 5. The first-order valence-corrected chi connectivity index (χ1v) is 6.62. The number of benzene rings is 2. The number of carbonyl (C=O) groups is 2. The van der Waals surface area contributed by atoms with E-state index >= 15 is 0 Å². The van der Waals surface area contributed by atoms with Gasteiger partial charge in [-0.15, -0.1) is 0 Å². The van der Waals surface area contributed by atoms with Crippen molar-refractivity contribution in [2.24, 2.45) is 0 Å². The van der Waals surface area contributed by atoms with Crippen LogP contribution in [0.1, 0.15) is 26.3 Å². The molecule has 22 heavy (non-hydrogen) atoms. The number of ether oxygens (including phenoxy) is 3. The van der Waals surface area contributed by atoms with E-state index in [4.69, 9.17) is 4.74 Å². The molecule has 0 atom stereocenters. The van der Waals surface area contributed by atoms with E-state index in [1.54, 1.807) is 48.5 Å². The third-order valence-electron chi connectivity index (χ3n) is 3.06. The van der Waals surface area contributed by atoms with Crippen LogP contribution in [0.3, 0.4) is 0 Å². The average molecular weight is 300 g/mol. The molecule has 0 aliphatic rings. The fourth-order valence-corrected chi connectivity index (χ4v) is 1.83. The molecule has 2 rings (SSSR count).